The number of nitrogens with one attached hydrogen (secondary N) is 1. The zero-order chi connectivity index (χ0) is 22.4. The molecule has 0 saturated carbocycles. The summed E-state index contributed by atoms with van der Waals surface area (Å²) in [6.07, 6.45) is 0. The van der Waals surface area contributed by atoms with Crippen LogP contribution in [0.2, 0.25) is 0 Å². The van der Waals surface area contributed by atoms with E-state index in [0.717, 1.165) is 19.9 Å². The Morgan fingerprint density at radius 2 is 1.68 bits per heavy atom. The molecule has 0 aromatic heterocycles. The van der Waals surface area contributed by atoms with E-state index in [-0.39, 0.29) is 4.90 Å². The van der Waals surface area contributed by atoms with Gasteiger partial charge in [-0.15, -0.1) is 0 Å². The number of anilines is 1. The first kappa shape index (κ1) is 22.7. The third kappa shape index (κ3) is 5.80. The van der Waals surface area contributed by atoms with E-state index >= 15 is 0 Å². The largest absolute Gasteiger partial charge is 0.271 e. The molecule has 160 valence electrons. The summed E-state index contributed by atoms with van der Waals surface area (Å²) >= 11 is 3.38. The molecule has 3 aromatic carbocycles. The van der Waals surface area contributed by atoms with Crippen molar-refractivity contribution in [3.05, 3.63) is 94.5 Å². The molecule has 0 unspecified atom stereocenters. The molecule has 0 saturated heterocycles. The van der Waals surface area contributed by atoms with Gasteiger partial charge in [0.15, 0.2) is 0 Å². The minimum Gasteiger partial charge on any atom is -0.271 e. The number of rotatable bonds is 7. The highest BCUT2D eigenvalue weighted by atomic mass is 79.9. The Labute approximate surface area is 190 Å². The average molecular weight is 500 g/mol. The summed E-state index contributed by atoms with van der Waals surface area (Å²) < 4.78 is 28.6. The van der Waals surface area contributed by atoms with Crippen LogP contribution >= 0.6 is 15.9 Å². The number of benzene rings is 3. The van der Waals surface area contributed by atoms with Gasteiger partial charge in [0.2, 0.25) is 0 Å². The van der Waals surface area contributed by atoms with Gasteiger partial charge in [-0.05, 0) is 61.4 Å². The second-order valence-electron chi connectivity index (χ2n) is 6.90. The number of nitrogens with zero attached hydrogens (tertiary/aromatic N) is 2. The minimum atomic E-state index is -3.94. The number of aryl methyl sites for hydroxylation is 1. The number of hydrogen-bond acceptors (Lipinski definition) is 4. The lowest BCUT2D eigenvalue weighted by Crippen LogP contribution is -2.39. The maximum Gasteiger partial charge on any atom is 0.264 e. The Kier molecular flexibility index (Phi) is 7.25. The smallest absolute Gasteiger partial charge is 0.264 e. The van der Waals surface area contributed by atoms with Gasteiger partial charge in [0.05, 0.1) is 16.3 Å². The lowest BCUT2D eigenvalue weighted by Gasteiger charge is -2.24. The van der Waals surface area contributed by atoms with Crippen molar-refractivity contribution >= 4 is 43.3 Å². The third-order valence-electron chi connectivity index (χ3n) is 4.52. The molecule has 1 amide bonds. The highest BCUT2D eigenvalue weighted by molar-refractivity contribution is 9.10. The number of hydrogen-bond donors (Lipinski definition) is 1. The van der Waals surface area contributed by atoms with Gasteiger partial charge >= 0.3 is 0 Å². The average Bonchev–Trinajstić information content (AvgIpc) is 2.76. The number of halogens is 1. The van der Waals surface area contributed by atoms with E-state index in [1.54, 1.807) is 43.3 Å². The number of carbonyl (C=O) groups excluding carboxylic acids is 1. The second-order valence-corrected chi connectivity index (χ2v) is 9.68. The van der Waals surface area contributed by atoms with E-state index in [0.29, 0.717) is 11.4 Å². The maximum atomic E-state index is 13.3. The van der Waals surface area contributed by atoms with Crippen LogP contribution in [0.4, 0.5) is 5.69 Å². The van der Waals surface area contributed by atoms with Gasteiger partial charge in [0.1, 0.15) is 6.54 Å². The SMILES string of the molecule is C/C(=N/NC(=O)CN(c1cccc(C)c1)S(=O)(=O)c1ccccc1)c1ccc(Br)cc1. The molecular weight excluding hydrogens is 478 g/mol. The van der Waals surface area contributed by atoms with Gasteiger partial charge in [-0.1, -0.05) is 58.4 Å². The topological polar surface area (TPSA) is 78.8 Å². The van der Waals surface area contributed by atoms with Crippen LogP contribution in [0.1, 0.15) is 18.1 Å². The fourth-order valence-corrected chi connectivity index (χ4v) is 4.58. The summed E-state index contributed by atoms with van der Waals surface area (Å²) in [4.78, 5) is 12.8. The molecule has 3 aromatic rings. The van der Waals surface area contributed by atoms with Crippen molar-refractivity contribution < 1.29 is 13.2 Å². The van der Waals surface area contributed by atoms with Gasteiger partial charge < -0.3 is 0 Å². The molecule has 0 aliphatic heterocycles. The molecule has 0 aliphatic rings. The number of hydrazone groups is 1. The van der Waals surface area contributed by atoms with Crippen molar-refractivity contribution in [3.63, 3.8) is 0 Å². The molecule has 31 heavy (non-hydrogen) atoms. The van der Waals surface area contributed by atoms with Crippen molar-refractivity contribution in [2.45, 2.75) is 18.7 Å². The molecule has 0 aliphatic carbocycles. The zero-order valence-electron chi connectivity index (χ0n) is 17.1. The van der Waals surface area contributed by atoms with Crippen LogP contribution in [0.15, 0.2) is 93.3 Å². The quantitative estimate of drug-likeness (QED) is 0.384. The molecular formula is C23H22BrN3O3S. The van der Waals surface area contributed by atoms with Gasteiger partial charge in [0, 0.05) is 4.47 Å². The highest BCUT2D eigenvalue weighted by Crippen LogP contribution is 2.24. The monoisotopic (exact) mass is 499 g/mol. The molecule has 0 radical (unpaired) electrons. The predicted molar refractivity (Wildman–Crippen MR) is 127 cm³/mol. The van der Waals surface area contributed by atoms with Crippen LogP contribution in [-0.4, -0.2) is 26.6 Å². The number of carbonyl (C=O) groups is 1. The second kappa shape index (κ2) is 9.89. The standard InChI is InChI=1S/C23H22BrN3O3S/c1-17-7-6-8-21(15-17)27(31(29,30)22-9-4-3-5-10-22)16-23(28)26-25-18(2)19-11-13-20(24)14-12-19/h3-15H,16H2,1-2H3,(H,26,28)/b25-18-. The Bertz CT molecular complexity index is 1190. The molecule has 8 heteroatoms. The van der Waals surface area contributed by atoms with Crippen LogP contribution in [0.25, 0.3) is 0 Å². The van der Waals surface area contributed by atoms with E-state index in [4.69, 9.17) is 0 Å². The van der Waals surface area contributed by atoms with E-state index in [1.807, 2.05) is 37.3 Å². The fourth-order valence-electron chi connectivity index (χ4n) is 2.89. The summed E-state index contributed by atoms with van der Waals surface area (Å²) in [5.74, 6) is -0.544. The maximum absolute atomic E-state index is 13.3. The lowest BCUT2D eigenvalue weighted by molar-refractivity contribution is -0.119. The lowest BCUT2D eigenvalue weighted by atomic mass is 10.1. The predicted octanol–water partition coefficient (Wildman–Crippen LogP) is 4.49. The van der Waals surface area contributed by atoms with Crippen molar-refractivity contribution in [3.8, 4) is 0 Å². The molecule has 0 bridgehead atoms. The van der Waals surface area contributed by atoms with Crippen LogP contribution < -0.4 is 9.73 Å². The van der Waals surface area contributed by atoms with Crippen molar-refractivity contribution in [2.24, 2.45) is 5.10 Å². The Morgan fingerprint density at radius 1 is 1.00 bits per heavy atom. The van der Waals surface area contributed by atoms with Gasteiger partial charge in [-0.3, -0.25) is 9.10 Å². The Morgan fingerprint density at radius 3 is 2.32 bits per heavy atom. The van der Waals surface area contributed by atoms with Crippen molar-refractivity contribution in [1.29, 1.82) is 0 Å². The zero-order valence-corrected chi connectivity index (χ0v) is 19.5. The summed E-state index contributed by atoms with van der Waals surface area (Å²) in [5.41, 5.74) is 5.21. The summed E-state index contributed by atoms with van der Waals surface area (Å²) in [5, 5.41) is 4.12. The van der Waals surface area contributed by atoms with E-state index in [9.17, 15) is 13.2 Å². The first-order chi connectivity index (χ1) is 14.8. The summed E-state index contributed by atoms with van der Waals surface area (Å²) in [7, 11) is -3.94. The van der Waals surface area contributed by atoms with Gasteiger partial charge in [-0.2, -0.15) is 5.10 Å². The highest BCUT2D eigenvalue weighted by Gasteiger charge is 2.27. The molecule has 1 N–H and O–H groups in total. The van der Waals surface area contributed by atoms with Crippen LogP contribution in [0.5, 0.6) is 0 Å². The van der Waals surface area contributed by atoms with Gasteiger partial charge in [-0.25, -0.2) is 13.8 Å². The molecule has 6 nitrogen and oxygen atoms in total. The normalized spacial score (nSPS) is 11.8. The Hall–Kier alpha value is -2.97. The van der Waals surface area contributed by atoms with Crippen LogP contribution in [0, 0.1) is 6.92 Å². The fraction of sp³-hybridized carbons (Fsp3) is 0.130. The molecule has 0 atom stereocenters. The van der Waals surface area contributed by atoms with Crippen LogP contribution in [0.3, 0.4) is 0 Å². The summed E-state index contributed by atoms with van der Waals surface area (Å²) in [6.45, 7) is 3.23. The Balaban J connectivity index is 1.86. The van der Waals surface area contributed by atoms with Gasteiger partial charge in [0.25, 0.3) is 15.9 Å². The number of amides is 1. The van der Waals surface area contributed by atoms with Crippen molar-refractivity contribution in [1.82, 2.24) is 5.43 Å². The first-order valence-electron chi connectivity index (χ1n) is 9.51. The minimum absolute atomic E-state index is 0.110. The summed E-state index contributed by atoms with van der Waals surface area (Å²) in [6, 6.07) is 22.5. The van der Waals surface area contributed by atoms with E-state index in [2.05, 4.69) is 26.5 Å². The van der Waals surface area contributed by atoms with E-state index in [1.165, 1.54) is 12.1 Å². The molecule has 3 rings (SSSR count). The van der Waals surface area contributed by atoms with Crippen LogP contribution in [-0.2, 0) is 14.8 Å². The third-order valence-corrected chi connectivity index (χ3v) is 6.84. The molecule has 0 spiro atoms. The molecule has 0 fully saturated rings. The van der Waals surface area contributed by atoms with Crippen molar-refractivity contribution in [2.75, 3.05) is 10.8 Å². The first-order valence-corrected chi connectivity index (χ1v) is 11.7. The molecule has 0 heterocycles. The van der Waals surface area contributed by atoms with E-state index < -0.39 is 22.5 Å². The number of sulfonamides is 1.